The fourth-order valence-electron chi connectivity index (χ4n) is 1.62. The lowest BCUT2D eigenvalue weighted by Gasteiger charge is -2.11. The molecular weight excluding hydrogens is 374 g/mol. The van der Waals surface area contributed by atoms with Crippen molar-refractivity contribution >= 4 is 27.7 Å². The summed E-state index contributed by atoms with van der Waals surface area (Å²) in [5.74, 6) is -5.43. The number of hydrogen-bond donors (Lipinski definition) is 2. The van der Waals surface area contributed by atoms with Crippen LogP contribution in [0.15, 0.2) is 29.2 Å². The molecule has 0 unspecified atom stereocenters. The number of ether oxygens (including phenoxy) is 1. The zero-order chi connectivity index (χ0) is 19.9. The molecule has 0 saturated carbocycles. The van der Waals surface area contributed by atoms with Crippen LogP contribution in [0.4, 0.5) is 13.6 Å². The number of alkyl halides is 2. The molecule has 3 amide bonds. The number of carbonyl (C=O) groups is 3. The zero-order valence-corrected chi connectivity index (χ0v) is 14.8. The molecule has 144 valence electrons. The van der Waals surface area contributed by atoms with Gasteiger partial charge in [-0.1, -0.05) is 6.92 Å². The molecule has 1 rings (SSSR count). The van der Waals surface area contributed by atoms with Gasteiger partial charge in [0, 0.05) is 6.04 Å². The van der Waals surface area contributed by atoms with E-state index in [1.54, 1.807) is 6.92 Å². The van der Waals surface area contributed by atoms with E-state index in [2.05, 4.69) is 10.1 Å². The van der Waals surface area contributed by atoms with Gasteiger partial charge in [0.15, 0.2) is 6.61 Å². The molecule has 1 aromatic carbocycles. The van der Waals surface area contributed by atoms with Gasteiger partial charge >= 0.3 is 17.8 Å². The third kappa shape index (κ3) is 6.06. The highest BCUT2D eigenvalue weighted by Crippen LogP contribution is 2.18. The van der Waals surface area contributed by atoms with E-state index in [0.29, 0.717) is 6.42 Å². The van der Waals surface area contributed by atoms with Crippen molar-refractivity contribution in [3.63, 3.8) is 0 Å². The van der Waals surface area contributed by atoms with Crippen LogP contribution >= 0.6 is 0 Å². The van der Waals surface area contributed by atoms with Crippen molar-refractivity contribution in [2.24, 2.45) is 0 Å². The predicted octanol–water partition coefficient (Wildman–Crippen LogP) is 1.46. The second kappa shape index (κ2) is 9.22. The monoisotopic (exact) mass is 392 g/mol. The number of sulfone groups is 1. The zero-order valence-electron chi connectivity index (χ0n) is 14.0. The van der Waals surface area contributed by atoms with Gasteiger partial charge in [-0.25, -0.2) is 18.0 Å². The van der Waals surface area contributed by atoms with Gasteiger partial charge in [-0.05, 0) is 37.6 Å². The minimum Gasteiger partial charge on any atom is -0.452 e. The summed E-state index contributed by atoms with van der Waals surface area (Å²) >= 11 is 0. The van der Waals surface area contributed by atoms with Gasteiger partial charge in [0.2, 0.25) is 9.84 Å². The summed E-state index contributed by atoms with van der Waals surface area (Å²) in [5, 5.41) is 4.44. The lowest BCUT2D eigenvalue weighted by Crippen LogP contribution is -2.44. The molecule has 0 aromatic heterocycles. The van der Waals surface area contributed by atoms with E-state index in [0.717, 1.165) is 24.3 Å². The molecule has 0 fully saturated rings. The van der Waals surface area contributed by atoms with Crippen molar-refractivity contribution in [3.8, 4) is 0 Å². The number of hydrogen-bond acceptors (Lipinski definition) is 6. The van der Waals surface area contributed by atoms with E-state index in [-0.39, 0.29) is 11.6 Å². The summed E-state index contributed by atoms with van der Waals surface area (Å²) in [7, 11) is -4.76. The van der Waals surface area contributed by atoms with Crippen molar-refractivity contribution in [2.75, 3.05) is 6.61 Å². The van der Waals surface area contributed by atoms with Crippen LogP contribution in [-0.2, 0) is 19.4 Å². The average Bonchev–Trinajstić information content (AvgIpc) is 2.59. The summed E-state index contributed by atoms with van der Waals surface area (Å²) in [6.07, 6.45) is 0.661. The van der Waals surface area contributed by atoms with Crippen LogP contribution in [0.25, 0.3) is 0 Å². The summed E-state index contributed by atoms with van der Waals surface area (Å²) in [6.45, 7) is 2.83. The lowest BCUT2D eigenvalue weighted by atomic mass is 10.2. The molecule has 0 aliphatic carbocycles. The number of imide groups is 1. The molecule has 0 heterocycles. The van der Waals surface area contributed by atoms with Gasteiger partial charge in [-0.15, -0.1) is 0 Å². The number of carbonyl (C=O) groups excluding carboxylic acids is 3. The summed E-state index contributed by atoms with van der Waals surface area (Å²) in [6, 6.07) is 2.74. The Bertz CT molecular complexity index is 765. The van der Waals surface area contributed by atoms with Crippen molar-refractivity contribution in [2.45, 2.75) is 37.0 Å². The summed E-state index contributed by atoms with van der Waals surface area (Å²) in [4.78, 5) is 34.0. The first-order valence-corrected chi connectivity index (χ1v) is 9.02. The molecule has 8 nitrogen and oxygen atoms in total. The summed E-state index contributed by atoms with van der Waals surface area (Å²) in [5.41, 5.74) is -0.143. The van der Waals surface area contributed by atoms with Crippen molar-refractivity contribution in [3.05, 3.63) is 29.8 Å². The third-order valence-electron chi connectivity index (χ3n) is 3.23. The molecule has 1 atom stereocenters. The molecule has 1 aromatic rings. The minimum absolute atomic E-state index is 0.143. The Hall–Kier alpha value is -2.56. The molecule has 0 saturated heterocycles. The Kier molecular flexibility index (Phi) is 7.62. The van der Waals surface area contributed by atoms with Crippen LogP contribution in [0.2, 0.25) is 0 Å². The molecule has 11 heteroatoms. The van der Waals surface area contributed by atoms with Crippen LogP contribution in [0.1, 0.15) is 30.6 Å². The SMILES string of the molecule is CC[C@H](C)NC(=O)NC(=O)COC(=O)c1ccc(S(=O)(=O)C(F)F)cc1. The molecule has 0 aliphatic heterocycles. The standard InChI is InChI=1S/C15H18F2N2O6S/c1-3-9(2)18-15(22)19-12(20)8-25-13(21)10-4-6-11(7-5-10)26(23,24)14(16)17/h4-7,9,14H,3,8H2,1-2H3,(H2,18,19,20,22)/t9-/m0/s1. The maximum atomic E-state index is 12.4. The van der Waals surface area contributed by atoms with Crippen LogP contribution in [0.3, 0.4) is 0 Å². The van der Waals surface area contributed by atoms with Gasteiger partial charge in [-0.2, -0.15) is 8.78 Å². The lowest BCUT2D eigenvalue weighted by molar-refractivity contribution is -0.123. The maximum Gasteiger partial charge on any atom is 0.341 e. The second-order valence-corrected chi connectivity index (χ2v) is 7.15. The first-order chi connectivity index (χ1) is 12.1. The quantitative estimate of drug-likeness (QED) is 0.678. The van der Waals surface area contributed by atoms with Gasteiger partial charge < -0.3 is 10.1 Å². The van der Waals surface area contributed by atoms with E-state index in [9.17, 15) is 31.6 Å². The molecular formula is C15H18F2N2O6S. The van der Waals surface area contributed by atoms with Crippen LogP contribution in [0.5, 0.6) is 0 Å². The highest BCUT2D eigenvalue weighted by molar-refractivity contribution is 7.91. The Morgan fingerprint density at radius 2 is 1.73 bits per heavy atom. The topological polar surface area (TPSA) is 119 Å². The number of urea groups is 1. The average molecular weight is 392 g/mol. The number of amides is 3. The van der Waals surface area contributed by atoms with Crippen molar-refractivity contribution < 1.29 is 36.3 Å². The van der Waals surface area contributed by atoms with E-state index >= 15 is 0 Å². The van der Waals surface area contributed by atoms with Crippen LogP contribution in [-0.4, -0.2) is 44.7 Å². The van der Waals surface area contributed by atoms with Crippen LogP contribution in [0, 0.1) is 0 Å². The minimum atomic E-state index is -4.76. The highest BCUT2D eigenvalue weighted by atomic mass is 32.2. The van der Waals surface area contributed by atoms with Gasteiger partial charge in [0.1, 0.15) is 0 Å². The number of nitrogens with one attached hydrogen (secondary N) is 2. The first-order valence-electron chi connectivity index (χ1n) is 7.47. The Balaban J connectivity index is 2.58. The second-order valence-electron chi connectivity index (χ2n) is 5.24. The van der Waals surface area contributed by atoms with E-state index in [4.69, 9.17) is 0 Å². The Morgan fingerprint density at radius 1 is 1.15 bits per heavy atom. The number of halogens is 2. The fraction of sp³-hybridized carbons (Fsp3) is 0.400. The largest absolute Gasteiger partial charge is 0.452 e. The number of rotatable bonds is 7. The first kappa shape index (κ1) is 21.5. The third-order valence-corrected chi connectivity index (χ3v) is 4.63. The smallest absolute Gasteiger partial charge is 0.341 e. The molecule has 0 bridgehead atoms. The van der Waals surface area contributed by atoms with Crippen molar-refractivity contribution in [1.82, 2.24) is 10.6 Å². The van der Waals surface area contributed by atoms with Gasteiger partial charge in [0.25, 0.3) is 5.91 Å². The number of esters is 1. The van der Waals surface area contributed by atoms with Crippen LogP contribution < -0.4 is 10.6 Å². The summed E-state index contributed by atoms with van der Waals surface area (Å²) < 4.78 is 52.0. The van der Waals surface area contributed by atoms with Gasteiger partial charge in [-0.3, -0.25) is 10.1 Å². The predicted molar refractivity (Wildman–Crippen MR) is 86.3 cm³/mol. The van der Waals surface area contributed by atoms with Gasteiger partial charge in [0.05, 0.1) is 10.5 Å². The van der Waals surface area contributed by atoms with E-state index in [1.807, 2.05) is 12.2 Å². The Morgan fingerprint density at radius 3 is 2.23 bits per heavy atom. The molecule has 0 aliphatic rings. The highest BCUT2D eigenvalue weighted by Gasteiger charge is 2.26. The fourth-order valence-corrected chi connectivity index (χ4v) is 2.34. The molecule has 0 spiro atoms. The van der Waals surface area contributed by atoms with Crippen molar-refractivity contribution in [1.29, 1.82) is 0 Å². The van der Waals surface area contributed by atoms with E-state index in [1.165, 1.54) is 0 Å². The van der Waals surface area contributed by atoms with E-state index < -0.39 is 45.0 Å². The molecule has 2 N–H and O–H groups in total. The number of benzene rings is 1. The molecule has 26 heavy (non-hydrogen) atoms. The maximum absolute atomic E-state index is 12.4. The molecule has 0 radical (unpaired) electrons. The normalized spacial score (nSPS) is 12.3. The Labute approximate surface area is 148 Å².